The number of anilines is 2. The molecule has 170 valence electrons. The van der Waals surface area contributed by atoms with Gasteiger partial charge in [-0.05, 0) is 80.9 Å². The van der Waals surface area contributed by atoms with Gasteiger partial charge in [-0.2, -0.15) is 0 Å². The number of carbonyl (C=O) groups excluding carboxylic acids is 1. The first-order valence-electron chi connectivity index (χ1n) is 11.3. The van der Waals surface area contributed by atoms with Gasteiger partial charge in [0.1, 0.15) is 5.82 Å². The van der Waals surface area contributed by atoms with Crippen LogP contribution in [0.4, 0.5) is 20.6 Å². The van der Waals surface area contributed by atoms with Crippen LogP contribution in [0.25, 0.3) is 11.1 Å². The highest BCUT2D eigenvalue weighted by atomic mass is 35.5. The second kappa shape index (κ2) is 8.47. The minimum Gasteiger partial charge on any atom is -0.307 e. The number of nitrogens with zero attached hydrogens (tertiary/aromatic N) is 2. The lowest BCUT2D eigenvalue weighted by atomic mass is 9.72. The van der Waals surface area contributed by atoms with E-state index in [1.807, 2.05) is 17.0 Å². The van der Waals surface area contributed by atoms with Crippen LogP contribution in [0.2, 0.25) is 5.02 Å². The summed E-state index contributed by atoms with van der Waals surface area (Å²) in [5, 5.41) is 2.91. The van der Waals surface area contributed by atoms with Crippen molar-refractivity contribution < 1.29 is 9.18 Å². The molecule has 6 heteroatoms. The SMILES string of the molecule is Cc1cccc(-c2cccc3c2C2(CCN(C)CC2)CN3C(=O)Nc2ccc(F)c(Cl)c2)c1. The van der Waals surface area contributed by atoms with Crippen LogP contribution in [0, 0.1) is 12.7 Å². The van der Waals surface area contributed by atoms with Gasteiger partial charge in [0, 0.05) is 23.3 Å². The molecular weight excluding hydrogens is 437 g/mol. The largest absolute Gasteiger partial charge is 0.326 e. The predicted molar refractivity (Wildman–Crippen MR) is 133 cm³/mol. The molecule has 0 saturated carbocycles. The molecule has 2 amide bonds. The van der Waals surface area contributed by atoms with Gasteiger partial charge in [0.05, 0.1) is 5.02 Å². The Morgan fingerprint density at radius 1 is 1.06 bits per heavy atom. The van der Waals surface area contributed by atoms with Gasteiger partial charge in [0.15, 0.2) is 0 Å². The minimum atomic E-state index is -0.505. The molecule has 0 aromatic heterocycles. The lowest BCUT2D eigenvalue weighted by Crippen LogP contribution is -2.45. The van der Waals surface area contributed by atoms with E-state index in [2.05, 4.69) is 54.5 Å². The number of hydrogen-bond acceptors (Lipinski definition) is 2. The van der Waals surface area contributed by atoms with E-state index in [4.69, 9.17) is 11.6 Å². The number of halogens is 2. The standard InChI is InChI=1S/C27H27ClFN3O/c1-18-5-3-6-19(15-18)21-7-4-8-24-25(21)27(11-13-31(2)14-12-27)17-32(24)26(33)30-20-9-10-23(29)22(28)16-20/h3-10,15-16H,11-14,17H2,1-2H3,(H,30,33). The summed E-state index contributed by atoms with van der Waals surface area (Å²) in [7, 11) is 2.15. The second-order valence-corrected chi connectivity index (χ2v) is 9.71. The molecule has 3 aromatic carbocycles. The smallest absolute Gasteiger partial charge is 0.307 e. The fourth-order valence-corrected chi connectivity index (χ4v) is 5.42. The van der Waals surface area contributed by atoms with Crippen LogP contribution < -0.4 is 10.2 Å². The number of fused-ring (bicyclic) bond motifs is 2. The van der Waals surface area contributed by atoms with Crippen LogP contribution in [0.5, 0.6) is 0 Å². The van der Waals surface area contributed by atoms with E-state index in [-0.39, 0.29) is 16.5 Å². The summed E-state index contributed by atoms with van der Waals surface area (Å²) in [6, 6.07) is 18.8. The average molecular weight is 464 g/mol. The summed E-state index contributed by atoms with van der Waals surface area (Å²) in [6.45, 7) is 4.71. The van der Waals surface area contributed by atoms with Gasteiger partial charge in [0.25, 0.3) is 0 Å². The van der Waals surface area contributed by atoms with Crippen LogP contribution in [0.3, 0.4) is 0 Å². The third kappa shape index (κ3) is 4.00. The molecule has 0 aliphatic carbocycles. The Kier molecular flexibility index (Phi) is 5.63. The van der Waals surface area contributed by atoms with Gasteiger partial charge in [-0.25, -0.2) is 9.18 Å². The number of urea groups is 1. The molecule has 0 radical (unpaired) electrons. The number of nitrogens with one attached hydrogen (secondary N) is 1. The summed E-state index contributed by atoms with van der Waals surface area (Å²) >= 11 is 5.93. The van der Waals surface area contributed by atoms with E-state index in [1.165, 1.54) is 40.5 Å². The summed E-state index contributed by atoms with van der Waals surface area (Å²) in [5.41, 5.74) is 6.18. The topological polar surface area (TPSA) is 35.6 Å². The molecule has 4 nitrogen and oxygen atoms in total. The van der Waals surface area contributed by atoms with Crippen LogP contribution >= 0.6 is 11.6 Å². The molecular formula is C27H27ClFN3O. The zero-order valence-corrected chi connectivity index (χ0v) is 19.6. The molecule has 1 saturated heterocycles. The summed E-state index contributed by atoms with van der Waals surface area (Å²) in [5.74, 6) is -0.505. The number of hydrogen-bond donors (Lipinski definition) is 1. The lowest BCUT2D eigenvalue weighted by molar-refractivity contribution is 0.196. The van der Waals surface area contributed by atoms with Gasteiger partial charge < -0.3 is 10.2 Å². The molecule has 0 bridgehead atoms. The van der Waals surface area contributed by atoms with Crippen molar-refractivity contribution in [2.24, 2.45) is 0 Å². The number of rotatable bonds is 2. The Morgan fingerprint density at radius 3 is 2.55 bits per heavy atom. The molecule has 0 unspecified atom stereocenters. The molecule has 1 spiro atoms. The first kappa shape index (κ1) is 21.9. The van der Waals surface area contributed by atoms with Gasteiger partial charge in [-0.15, -0.1) is 0 Å². The molecule has 33 heavy (non-hydrogen) atoms. The van der Waals surface area contributed by atoms with Crippen molar-refractivity contribution in [1.82, 2.24) is 4.90 Å². The molecule has 1 N–H and O–H groups in total. The zero-order chi connectivity index (χ0) is 23.2. The maximum Gasteiger partial charge on any atom is 0.326 e. The molecule has 2 aliphatic rings. The van der Waals surface area contributed by atoms with Crippen molar-refractivity contribution in [2.75, 3.05) is 36.9 Å². The average Bonchev–Trinajstić information content (AvgIpc) is 3.13. The summed E-state index contributed by atoms with van der Waals surface area (Å²) in [4.78, 5) is 17.6. The monoisotopic (exact) mass is 463 g/mol. The first-order chi connectivity index (χ1) is 15.9. The van der Waals surface area contributed by atoms with Crippen molar-refractivity contribution in [3.8, 4) is 11.1 Å². The normalized spacial score (nSPS) is 17.3. The number of amides is 2. The Labute approximate surface area is 199 Å². The lowest BCUT2D eigenvalue weighted by Gasteiger charge is -2.39. The van der Waals surface area contributed by atoms with E-state index in [1.54, 1.807) is 0 Å². The van der Waals surface area contributed by atoms with E-state index >= 15 is 0 Å². The van der Waals surface area contributed by atoms with Gasteiger partial charge >= 0.3 is 6.03 Å². The van der Waals surface area contributed by atoms with Crippen LogP contribution in [-0.4, -0.2) is 37.6 Å². The Hall–Kier alpha value is -2.89. The predicted octanol–water partition coefficient (Wildman–Crippen LogP) is 6.47. The Morgan fingerprint density at radius 2 is 1.82 bits per heavy atom. The molecule has 5 rings (SSSR count). The quantitative estimate of drug-likeness (QED) is 0.472. The molecule has 1 fully saturated rings. The second-order valence-electron chi connectivity index (χ2n) is 9.30. The molecule has 2 heterocycles. The Bertz CT molecular complexity index is 1220. The van der Waals surface area contributed by atoms with Gasteiger partial charge in [-0.1, -0.05) is 53.6 Å². The third-order valence-electron chi connectivity index (χ3n) is 7.01. The van der Waals surface area contributed by atoms with E-state index < -0.39 is 5.82 Å². The van der Waals surface area contributed by atoms with Crippen molar-refractivity contribution >= 4 is 29.0 Å². The number of likely N-dealkylation sites (tertiary alicyclic amines) is 1. The van der Waals surface area contributed by atoms with Crippen molar-refractivity contribution in [3.63, 3.8) is 0 Å². The number of benzene rings is 3. The number of carbonyl (C=O) groups is 1. The highest BCUT2D eigenvalue weighted by molar-refractivity contribution is 6.31. The fraction of sp³-hybridized carbons (Fsp3) is 0.296. The zero-order valence-electron chi connectivity index (χ0n) is 18.9. The Balaban J connectivity index is 1.57. The van der Waals surface area contributed by atoms with Gasteiger partial charge in [-0.3, -0.25) is 4.90 Å². The van der Waals surface area contributed by atoms with Crippen molar-refractivity contribution in [1.29, 1.82) is 0 Å². The highest BCUT2D eigenvalue weighted by Gasteiger charge is 2.47. The maximum absolute atomic E-state index is 13.6. The van der Waals surface area contributed by atoms with Crippen LogP contribution in [0.1, 0.15) is 24.0 Å². The highest BCUT2D eigenvalue weighted by Crippen LogP contribution is 2.51. The summed E-state index contributed by atoms with van der Waals surface area (Å²) < 4.78 is 13.6. The van der Waals surface area contributed by atoms with Crippen molar-refractivity contribution in [2.45, 2.75) is 25.2 Å². The van der Waals surface area contributed by atoms with E-state index in [0.717, 1.165) is 31.6 Å². The van der Waals surface area contributed by atoms with Crippen molar-refractivity contribution in [3.05, 3.63) is 82.6 Å². The third-order valence-corrected chi connectivity index (χ3v) is 7.30. The molecule has 3 aromatic rings. The van der Waals surface area contributed by atoms with Crippen LogP contribution in [-0.2, 0) is 5.41 Å². The van der Waals surface area contributed by atoms with E-state index in [9.17, 15) is 9.18 Å². The number of piperidine rings is 1. The van der Waals surface area contributed by atoms with Crippen LogP contribution in [0.15, 0.2) is 60.7 Å². The maximum atomic E-state index is 13.6. The van der Waals surface area contributed by atoms with Gasteiger partial charge in [0.2, 0.25) is 0 Å². The first-order valence-corrected chi connectivity index (χ1v) is 11.7. The number of aryl methyl sites for hydroxylation is 1. The van der Waals surface area contributed by atoms with E-state index in [0.29, 0.717) is 12.2 Å². The molecule has 2 aliphatic heterocycles. The molecule has 0 atom stereocenters. The minimum absolute atomic E-state index is 0.0110. The summed E-state index contributed by atoms with van der Waals surface area (Å²) in [6.07, 6.45) is 1.98. The fourth-order valence-electron chi connectivity index (χ4n) is 5.24.